The molecule has 1 aromatic carbocycles. The van der Waals surface area contributed by atoms with E-state index in [-0.39, 0.29) is 5.91 Å². The van der Waals surface area contributed by atoms with Crippen LogP contribution in [-0.2, 0) is 20.7 Å². The van der Waals surface area contributed by atoms with Gasteiger partial charge in [-0.25, -0.2) is 0 Å². The van der Waals surface area contributed by atoms with Gasteiger partial charge in [0.15, 0.2) is 0 Å². The van der Waals surface area contributed by atoms with Gasteiger partial charge in [-0.1, -0.05) is 6.07 Å². The second-order valence-corrected chi connectivity index (χ2v) is 4.44. The summed E-state index contributed by atoms with van der Waals surface area (Å²) in [5.74, 6) is -0.149. The minimum absolute atomic E-state index is 0.184. The van der Waals surface area contributed by atoms with Gasteiger partial charge in [0.25, 0.3) is 0 Å². The molecule has 0 aliphatic heterocycles. The van der Waals surface area contributed by atoms with Gasteiger partial charge in [0.1, 0.15) is 11.1 Å². The highest BCUT2D eigenvalue weighted by molar-refractivity contribution is 6.30. The molecule has 0 radical (unpaired) electrons. The standard InChI is InChI=1S/C13H16ClNO4/c1-8(16)15-11-5-4-9(7-12(11)18-2)6-10(14)13(17)19-3/h4-5,7,10H,6H2,1-3H3,(H,15,16). The zero-order chi connectivity index (χ0) is 14.4. The summed E-state index contributed by atoms with van der Waals surface area (Å²) in [6, 6.07) is 5.20. The first-order valence-corrected chi connectivity index (χ1v) is 6.08. The smallest absolute Gasteiger partial charge is 0.324 e. The number of alkyl halides is 1. The Bertz CT molecular complexity index is 476. The molecule has 19 heavy (non-hydrogen) atoms. The molecule has 0 saturated heterocycles. The Morgan fingerprint density at radius 1 is 1.37 bits per heavy atom. The SMILES string of the molecule is COC(=O)C(Cl)Cc1ccc(NC(C)=O)c(OC)c1. The van der Waals surface area contributed by atoms with Crippen LogP contribution >= 0.6 is 11.6 Å². The number of benzene rings is 1. The van der Waals surface area contributed by atoms with E-state index in [0.717, 1.165) is 5.56 Å². The fourth-order valence-corrected chi connectivity index (χ4v) is 1.84. The average Bonchev–Trinajstić information content (AvgIpc) is 2.38. The maximum absolute atomic E-state index is 11.2. The Balaban J connectivity index is 2.87. The molecule has 6 heteroatoms. The number of carbonyl (C=O) groups is 2. The molecule has 1 amide bonds. The topological polar surface area (TPSA) is 64.6 Å². The van der Waals surface area contributed by atoms with Crippen molar-refractivity contribution in [2.24, 2.45) is 0 Å². The highest BCUT2D eigenvalue weighted by Crippen LogP contribution is 2.26. The lowest BCUT2D eigenvalue weighted by Crippen LogP contribution is -2.18. The van der Waals surface area contributed by atoms with E-state index >= 15 is 0 Å². The third kappa shape index (κ3) is 4.44. The van der Waals surface area contributed by atoms with Crippen molar-refractivity contribution in [1.29, 1.82) is 0 Å². The average molecular weight is 286 g/mol. The van der Waals surface area contributed by atoms with Crippen LogP contribution < -0.4 is 10.1 Å². The van der Waals surface area contributed by atoms with Crippen molar-refractivity contribution < 1.29 is 19.1 Å². The summed E-state index contributed by atoms with van der Waals surface area (Å²) in [5.41, 5.74) is 1.39. The van der Waals surface area contributed by atoms with Gasteiger partial charge in [-0.3, -0.25) is 9.59 Å². The lowest BCUT2D eigenvalue weighted by Gasteiger charge is -2.12. The second kappa shape index (κ2) is 6.99. The summed E-state index contributed by atoms with van der Waals surface area (Å²) in [6.45, 7) is 1.42. The van der Waals surface area contributed by atoms with E-state index in [9.17, 15) is 9.59 Å². The highest BCUT2D eigenvalue weighted by atomic mass is 35.5. The molecular formula is C13H16ClNO4. The zero-order valence-electron chi connectivity index (χ0n) is 11.0. The number of carbonyl (C=O) groups excluding carboxylic acids is 2. The van der Waals surface area contributed by atoms with Gasteiger partial charge < -0.3 is 14.8 Å². The number of ether oxygens (including phenoxy) is 2. The fraction of sp³-hybridized carbons (Fsp3) is 0.385. The lowest BCUT2D eigenvalue weighted by atomic mass is 10.1. The number of rotatable bonds is 5. The van der Waals surface area contributed by atoms with Crippen LogP contribution in [-0.4, -0.2) is 31.5 Å². The Hall–Kier alpha value is -1.75. The number of methoxy groups -OCH3 is 2. The molecule has 0 bridgehead atoms. The van der Waals surface area contributed by atoms with Crippen LogP contribution in [0.4, 0.5) is 5.69 Å². The van der Waals surface area contributed by atoms with E-state index in [1.54, 1.807) is 18.2 Å². The molecule has 0 aromatic heterocycles. The summed E-state index contributed by atoms with van der Waals surface area (Å²) >= 11 is 5.90. The van der Waals surface area contributed by atoms with Crippen LogP contribution in [0.2, 0.25) is 0 Å². The first-order chi connectivity index (χ1) is 8.97. The predicted octanol–water partition coefficient (Wildman–Crippen LogP) is 1.98. The summed E-state index contributed by atoms with van der Waals surface area (Å²) in [4.78, 5) is 22.3. The van der Waals surface area contributed by atoms with Crippen molar-refractivity contribution in [3.05, 3.63) is 23.8 Å². The van der Waals surface area contributed by atoms with Gasteiger partial charge in [0.05, 0.1) is 19.9 Å². The Morgan fingerprint density at radius 3 is 2.58 bits per heavy atom. The van der Waals surface area contributed by atoms with Crippen LogP contribution in [0.25, 0.3) is 0 Å². The summed E-state index contributed by atoms with van der Waals surface area (Å²) in [5, 5.41) is 1.90. The monoisotopic (exact) mass is 285 g/mol. The molecule has 0 aliphatic rings. The first-order valence-electron chi connectivity index (χ1n) is 5.64. The van der Waals surface area contributed by atoms with Gasteiger partial charge in [-0.05, 0) is 24.1 Å². The number of hydrogen-bond donors (Lipinski definition) is 1. The number of nitrogens with one attached hydrogen (secondary N) is 1. The Morgan fingerprint density at radius 2 is 2.05 bits per heavy atom. The van der Waals surface area contributed by atoms with E-state index in [0.29, 0.717) is 17.9 Å². The molecule has 1 unspecified atom stereocenters. The van der Waals surface area contributed by atoms with E-state index in [1.165, 1.54) is 21.1 Å². The van der Waals surface area contributed by atoms with Crippen LogP contribution in [0.3, 0.4) is 0 Å². The second-order valence-electron chi connectivity index (χ2n) is 3.91. The minimum Gasteiger partial charge on any atom is -0.495 e. The molecule has 0 heterocycles. The molecule has 0 fully saturated rings. The van der Waals surface area contributed by atoms with Crippen LogP contribution in [0.1, 0.15) is 12.5 Å². The molecule has 1 N–H and O–H groups in total. The van der Waals surface area contributed by atoms with Crippen LogP contribution in [0, 0.1) is 0 Å². The van der Waals surface area contributed by atoms with E-state index in [1.807, 2.05) is 0 Å². The molecule has 104 valence electrons. The van der Waals surface area contributed by atoms with Crippen molar-refractivity contribution in [3.63, 3.8) is 0 Å². The van der Waals surface area contributed by atoms with Crippen molar-refractivity contribution >= 4 is 29.2 Å². The van der Waals surface area contributed by atoms with Crippen molar-refractivity contribution in [3.8, 4) is 5.75 Å². The quantitative estimate of drug-likeness (QED) is 0.664. The largest absolute Gasteiger partial charge is 0.495 e. The number of halogens is 1. The van der Waals surface area contributed by atoms with Crippen molar-refractivity contribution in [1.82, 2.24) is 0 Å². The summed E-state index contributed by atoms with van der Waals surface area (Å²) < 4.78 is 9.74. The normalized spacial score (nSPS) is 11.6. The van der Waals surface area contributed by atoms with E-state index in [4.69, 9.17) is 16.3 Å². The summed E-state index contributed by atoms with van der Waals surface area (Å²) in [7, 11) is 2.79. The van der Waals surface area contributed by atoms with Crippen molar-refractivity contribution in [2.75, 3.05) is 19.5 Å². The summed E-state index contributed by atoms with van der Waals surface area (Å²) in [6.07, 6.45) is 0.324. The molecule has 1 atom stereocenters. The van der Waals surface area contributed by atoms with Gasteiger partial charge in [0.2, 0.25) is 5.91 Å². The number of anilines is 1. The van der Waals surface area contributed by atoms with Crippen LogP contribution in [0.15, 0.2) is 18.2 Å². The molecule has 0 saturated carbocycles. The number of esters is 1. The molecule has 1 rings (SSSR count). The third-order valence-electron chi connectivity index (χ3n) is 2.45. The minimum atomic E-state index is -0.749. The van der Waals surface area contributed by atoms with E-state index in [2.05, 4.69) is 10.1 Å². The number of amides is 1. The maximum Gasteiger partial charge on any atom is 0.324 e. The third-order valence-corrected chi connectivity index (χ3v) is 2.78. The van der Waals surface area contributed by atoms with Gasteiger partial charge in [0, 0.05) is 6.92 Å². The Labute approximate surface area is 116 Å². The molecule has 5 nitrogen and oxygen atoms in total. The number of hydrogen-bond acceptors (Lipinski definition) is 4. The lowest BCUT2D eigenvalue weighted by molar-refractivity contribution is -0.140. The highest BCUT2D eigenvalue weighted by Gasteiger charge is 2.17. The Kier molecular flexibility index (Phi) is 5.63. The van der Waals surface area contributed by atoms with Gasteiger partial charge in [-0.15, -0.1) is 11.6 Å². The van der Waals surface area contributed by atoms with Crippen LogP contribution in [0.5, 0.6) is 5.75 Å². The fourth-order valence-electron chi connectivity index (χ4n) is 1.57. The van der Waals surface area contributed by atoms with Gasteiger partial charge in [-0.2, -0.15) is 0 Å². The molecule has 1 aromatic rings. The van der Waals surface area contributed by atoms with Crippen molar-refractivity contribution in [2.45, 2.75) is 18.7 Å². The molecular weight excluding hydrogens is 270 g/mol. The molecule has 0 aliphatic carbocycles. The first kappa shape index (κ1) is 15.3. The predicted molar refractivity (Wildman–Crippen MR) is 72.7 cm³/mol. The maximum atomic E-state index is 11.2. The molecule has 0 spiro atoms. The van der Waals surface area contributed by atoms with E-state index < -0.39 is 11.3 Å². The van der Waals surface area contributed by atoms with Gasteiger partial charge >= 0.3 is 5.97 Å². The zero-order valence-corrected chi connectivity index (χ0v) is 11.8.